The summed E-state index contributed by atoms with van der Waals surface area (Å²) in [6.07, 6.45) is 0.0781. The Morgan fingerprint density at radius 1 is 1.40 bits per heavy atom. The van der Waals surface area contributed by atoms with Gasteiger partial charge in [0, 0.05) is 5.69 Å². The lowest BCUT2D eigenvalue weighted by atomic mass is 10.1. The minimum atomic E-state index is -0.358. The Bertz CT molecular complexity index is 505. The minimum absolute atomic E-state index is 0.0781. The number of anilines is 1. The third-order valence-corrected chi connectivity index (χ3v) is 3.10. The molecule has 1 fully saturated rings. The van der Waals surface area contributed by atoms with Gasteiger partial charge < -0.3 is 15.0 Å². The normalized spacial score (nSPS) is 15.9. The van der Waals surface area contributed by atoms with Crippen molar-refractivity contribution in [2.75, 3.05) is 18.4 Å². The van der Waals surface area contributed by atoms with Crippen molar-refractivity contribution in [1.29, 1.82) is 0 Å². The first-order valence-electron chi connectivity index (χ1n) is 6.74. The van der Waals surface area contributed by atoms with Crippen LogP contribution in [0.5, 0.6) is 0 Å². The predicted molar refractivity (Wildman–Crippen MR) is 76.4 cm³/mol. The molecular weight excluding hydrogens is 259 g/mol. The average molecular weight is 280 g/mol. The molecule has 1 aliphatic heterocycles. The molecular formula is C15H21FN2O2. The third kappa shape index (κ3) is 3.70. The standard InChI is InChI=1S/C15H21FN2O2/c1-10-5-6-11(16)7-13(10)17-14(19)18-8-12(9-18)20-15(2,3)4/h5-7,12H,8-9H2,1-4H3,(H,17,19). The van der Waals surface area contributed by atoms with Crippen LogP contribution in [0.15, 0.2) is 18.2 Å². The van der Waals surface area contributed by atoms with Crippen LogP contribution in [0.25, 0.3) is 0 Å². The number of amides is 2. The molecule has 4 nitrogen and oxygen atoms in total. The number of hydrogen-bond acceptors (Lipinski definition) is 2. The van der Waals surface area contributed by atoms with Crippen LogP contribution in [-0.2, 0) is 4.74 Å². The van der Waals surface area contributed by atoms with E-state index in [1.165, 1.54) is 12.1 Å². The molecule has 0 unspecified atom stereocenters. The number of aryl methyl sites for hydroxylation is 1. The molecule has 0 bridgehead atoms. The van der Waals surface area contributed by atoms with Gasteiger partial charge in [0.1, 0.15) is 5.82 Å². The van der Waals surface area contributed by atoms with Crippen LogP contribution in [0, 0.1) is 12.7 Å². The number of nitrogens with zero attached hydrogens (tertiary/aromatic N) is 1. The van der Waals surface area contributed by atoms with E-state index in [0.29, 0.717) is 18.8 Å². The van der Waals surface area contributed by atoms with E-state index < -0.39 is 0 Å². The summed E-state index contributed by atoms with van der Waals surface area (Å²) in [7, 11) is 0. The number of halogens is 1. The SMILES string of the molecule is Cc1ccc(F)cc1NC(=O)N1CC(OC(C)(C)C)C1. The second kappa shape index (κ2) is 5.40. The molecule has 1 aliphatic rings. The molecule has 110 valence electrons. The molecule has 0 spiro atoms. The lowest BCUT2D eigenvalue weighted by Crippen LogP contribution is -2.57. The number of carbonyl (C=O) groups excluding carboxylic acids is 1. The molecule has 20 heavy (non-hydrogen) atoms. The topological polar surface area (TPSA) is 41.6 Å². The summed E-state index contributed by atoms with van der Waals surface area (Å²) < 4.78 is 18.9. The van der Waals surface area contributed by atoms with Crippen LogP contribution in [0.4, 0.5) is 14.9 Å². The maximum atomic E-state index is 13.2. The van der Waals surface area contributed by atoms with Gasteiger partial charge >= 0.3 is 6.03 Å². The zero-order valence-electron chi connectivity index (χ0n) is 12.4. The molecule has 0 saturated carbocycles. The second-order valence-corrected chi connectivity index (χ2v) is 6.15. The van der Waals surface area contributed by atoms with Crippen molar-refractivity contribution < 1.29 is 13.9 Å². The largest absolute Gasteiger partial charge is 0.369 e. The van der Waals surface area contributed by atoms with E-state index in [2.05, 4.69) is 5.32 Å². The first-order chi connectivity index (χ1) is 9.24. The first kappa shape index (κ1) is 14.8. The summed E-state index contributed by atoms with van der Waals surface area (Å²) in [5.74, 6) is -0.358. The Kier molecular flexibility index (Phi) is 3.99. The molecule has 1 heterocycles. The van der Waals surface area contributed by atoms with Gasteiger partial charge in [-0.3, -0.25) is 0 Å². The highest BCUT2D eigenvalue weighted by molar-refractivity contribution is 5.90. The molecule has 5 heteroatoms. The number of nitrogens with one attached hydrogen (secondary N) is 1. The Hall–Kier alpha value is -1.62. The smallest absolute Gasteiger partial charge is 0.322 e. The average Bonchev–Trinajstić information content (AvgIpc) is 2.26. The highest BCUT2D eigenvalue weighted by Crippen LogP contribution is 2.21. The molecule has 0 atom stereocenters. The van der Waals surface area contributed by atoms with Crippen molar-refractivity contribution in [3.8, 4) is 0 Å². The van der Waals surface area contributed by atoms with Crippen LogP contribution < -0.4 is 5.32 Å². The highest BCUT2D eigenvalue weighted by atomic mass is 19.1. The fourth-order valence-corrected chi connectivity index (χ4v) is 2.10. The van der Waals surface area contributed by atoms with Gasteiger partial charge in [-0.2, -0.15) is 0 Å². The van der Waals surface area contributed by atoms with Gasteiger partial charge in [0.25, 0.3) is 0 Å². The van der Waals surface area contributed by atoms with Gasteiger partial charge in [-0.25, -0.2) is 9.18 Å². The van der Waals surface area contributed by atoms with Gasteiger partial charge in [-0.15, -0.1) is 0 Å². The minimum Gasteiger partial charge on any atom is -0.369 e. The summed E-state index contributed by atoms with van der Waals surface area (Å²) in [5.41, 5.74) is 1.14. The number of rotatable bonds is 2. The van der Waals surface area contributed by atoms with Crippen molar-refractivity contribution in [3.05, 3.63) is 29.6 Å². The Morgan fingerprint density at radius 3 is 2.65 bits per heavy atom. The molecule has 1 saturated heterocycles. The van der Waals surface area contributed by atoms with Crippen molar-refractivity contribution >= 4 is 11.7 Å². The zero-order valence-corrected chi connectivity index (χ0v) is 12.4. The second-order valence-electron chi connectivity index (χ2n) is 6.15. The first-order valence-corrected chi connectivity index (χ1v) is 6.74. The van der Waals surface area contributed by atoms with Crippen molar-refractivity contribution in [3.63, 3.8) is 0 Å². The van der Waals surface area contributed by atoms with E-state index in [9.17, 15) is 9.18 Å². The van der Waals surface area contributed by atoms with E-state index in [-0.39, 0.29) is 23.6 Å². The number of benzene rings is 1. The predicted octanol–water partition coefficient (Wildman–Crippen LogP) is 3.17. The number of likely N-dealkylation sites (tertiary alicyclic amines) is 1. The molecule has 2 amide bonds. The summed E-state index contributed by atoms with van der Waals surface area (Å²) in [6, 6.07) is 4.14. The lowest BCUT2D eigenvalue weighted by molar-refractivity contribution is -0.110. The van der Waals surface area contributed by atoms with Gasteiger partial charge in [-0.05, 0) is 45.4 Å². The van der Waals surface area contributed by atoms with E-state index in [0.717, 1.165) is 5.56 Å². The van der Waals surface area contributed by atoms with Crippen LogP contribution in [0.2, 0.25) is 0 Å². The molecule has 1 N–H and O–H groups in total. The van der Waals surface area contributed by atoms with Crippen LogP contribution in [0.3, 0.4) is 0 Å². The molecule has 0 aromatic heterocycles. The Labute approximate surface area is 118 Å². The lowest BCUT2D eigenvalue weighted by Gasteiger charge is -2.41. The number of urea groups is 1. The van der Waals surface area contributed by atoms with Gasteiger partial charge in [0.15, 0.2) is 0 Å². The Balaban J connectivity index is 1.87. The van der Waals surface area contributed by atoms with Crippen molar-refractivity contribution in [2.24, 2.45) is 0 Å². The molecule has 2 rings (SSSR count). The van der Waals surface area contributed by atoms with Crippen molar-refractivity contribution in [2.45, 2.75) is 39.4 Å². The van der Waals surface area contributed by atoms with E-state index in [1.807, 2.05) is 27.7 Å². The third-order valence-electron chi connectivity index (χ3n) is 3.10. The summed E-state index contributed by atoms with van der Waals surface area (Å²) >= 11 is 0. The maximum Gasteiger partial charge on any atom is 0.322 e. The summed E-state index contributed by atoms with van der Waals surface area (Å²) in [4.78, 5) is 13.7. The van der Waals surface area contributed by atoms with Gasteiger partial charge in [0.2, 0.25) is 0 Å². The molecule has 1 aromatic carbocycles. The van der Waals surface area contributed by atoms with Gasteiger partial charge in [0.05, 0.1) is 24.8 Å². The fraction of sp³-hybridized carbons (Fsp3) is 0.533. The van der Waals surface area contributed by atoms with E-state index in [4.69, 9.17) is 4.74 Å². The monoisotopic (exact) mass is 280 g/mol. The van der Waals surface area contributed by atoms with Crippen LogP contribution >= 0.6 is 0 Å². The number of hydrogen-bond donors (Lipinski definition) is 1. The highest BCUT2D eigenvalue weighted by Gasteiger charge is 2.34. The number of ether oxygens (including phenoxy) is 1. The number of carbonyl (C=O) groups is 1. The zero-order chi connectivity index (χ0) is 14.9. The molecule has 1 aromatic rings. The molecule has 0 aliphatic carbocycles. The van der Waals surface area contributed by atoms with Crippen LogP contribution in [-0.4, -0.2) is 35.7 Å². The Morgan fingerprint density at radius 2 is 2.05 bits per heavy atom. The van der Waals surface area contributed by atoms with Crippen molar-refractivity contribution in [1.82, 2.24) is 4.90 Å². The van der Waals surface area contributed by atoms with E-state index in [1.54, 1.807) is 11.0 Å². The maximum absolute atomic E-state index is 13.2. The summed E-state index contributed by atoms with van der Waals surface area (Å²) in [5, 5.41) is 2.73. The summed E-state index contributed by atoms with van der Waals surface area (Å²) in [6.45, 7) is 8.94. The van der Waals surface area contributed by atoms with Gasteiger partial charge in [-0.1, -0.05) is 6.07 Å². The van der Waals surface area contributed by atoms with E-state index >= 15 is 0 Å². The quantitative estimate of drug-likeness (QED) is 0.904. The van der Waals surface area contributed by atoms with Crippen LogP contribution in [0.1, 0.15) is 26.3 Å². The fourth-order valence-electron chi connectivity index (χ4n) is 2.10. The molecule has 0 radical (unpaired) electrons.